The largest absolute Gasteiger partial charge is 0.484 e. The highest BCUT2D eigenvalue weighted by Crippen LogP contribution is 2.22. The molecule has 2 amide bonds. The SMILES string of the molecule is CC(=O)c1ccc(OCC(=O)N2CCc3nnc([C@@H](CC(C)C)NC(=O)CN(C)C)n3CC2)cc1. The standard InChI is InChI=1S/C25H36N6O4/c1-17(2)14-21(26-23(33)15-29(4)5)25-28-27-22-10-11-30(12-13-31(22)25)24(34)16-35-20-8-6-19(7-9-20)18(3)32/h6-9,17,21H,10-16H2,1-5H3,(H,26,33)/t21-/m1/s1. The Kier molecular flexibility index (Phi) is 8.97. The van der Waals surface area contributed by atoms with Crippen LogP contribution >= 0.6 is 0 Å². The van der Waals surface area contributed by atoms with Gasteiger partial charge in [-0.15, -0.1) is 10.2 Å². The maximum atomic E-state index is 12.8. The smallest absolute Gasteiger partial charge is 0.260 e. The Morgan fingerprint density at radius 3 is 2.43 bits per heavy atom. The topological polar surface area (TPSA) is 110 Å². The number of hydrogen-bond donors (Lipinski definition) is 1. The molecule has 10 heteroatoms. The van der Waals surface area contributed by atoms with E-state index in [0.717, 1.165) is 18.1 Å². The third kappa shape index (κ3) is 7.35. The number of nitrogens with one attached hydrogen (secondary N) is 1. The first kappa shape index (κ1) is 26.3. The predicted octanol–water partition coefficient (Wildman–Crippen LogP) is 1.71. The Balaban J connectivity index is 1.63. The van der Waals surface area contributed by atoms with Gasteiger partial charge in [0.1, 0.15) is 11.6 Å². The van der Waals surface area contributed by atoms with E-state index < -0.39 is 0 Å². The summed E-state index contributed by atoms with van der Waals surface area (Å²) in [5.74, 6) is 2.26. The summed E-state index contributed by atoms with van der Waals surface area (Å²) in [5.41, 5.74) is 0.601. The van der Waals surface area contributed by atoms with E-state index in [4.69, 9.17) is 4.74 Å². The Bertz CT molecular complexity index is 1030. The van der Waals surface area contributed by atoms with Crippen molar-refractivity contribution in [3.63, 3.8) is 0 Å². The molecule has 0 aliphatic carbocycles. The number of likely N-dealkylation sites (N-methyl/N-ethyl adjacent to an activating group) is 1. The number of amides is 2. The van der Waals surface area contributed by atoms with E-state index in [-0.39, 0.29) is 30.2 Å². The number of ether oxygens (including phenoxy) is 1. The third-order valence-corrected chi connectivity index (χ3v) is 5.84. The molecule has 35 heavy (non-hydrogen) atoms. The molecular formula is C25H36N6O4. The second-order valence-corrected chi connectivity index (χ2v) is 9.61. The lowest BCUT2D eigenvalue weighted by atomic mass is 10.0. The van der Waals surface area contributed by atoms with Crippen molar-refractivity contribution in [3.8, 4) is 5.75 Å². The second-order valence-electron chi connectivity index (χ2n) is 9.61. The van der Waals surface area contributed by atoms with Crippen LogP contribution in [0.1, 0.15) is 55.2 Å². The normalized spacial score (nSPS) is 14.4. The number of carbonyl (C=O) groups excluding carboxylic acids is 3. The van der Waals surface area contributed by atoms with Crippen molar-refractivity contribution < 1.29 is 19.1 Å². The zero-order chi connectivity index (χ0) is 25.5. The van der Waals surface area contributed by atoms with Crippen molar-refractivity contribution in [3.05, 3.63) is 41.5 Å². The molecule has 3 rings (SSSR count). The van der Waals surface area contributed by atoms with Crippen LogP contribution in [0.2, 0.25) is 0 Å². The summed E-state index contributed by atoms with van der Waals surface area (Å²) in [6.45, 7) is 7.52. The summed E-state index contributed by atoms with van der Waals surface area (Å²) >= 11 is 0. The van der Waals surface area contributed by atoms with Crippen molar-refractivity contribution in [2.24, 2.45) is 5.92 Å². The van der Waals surface area contributed by atoms with Crippen LogP contribution in [-0.4, -0.2) is 82.5 Å². The fourth-order valence-corrected chi connectivity index (χ4v) is 4.10. The minimum absolute atomic E-state index is 0.0172. The van der Waals surface area contributed by atoms with Gasteiger partial charge in [0.2, 0.25) is 5.91 Å². The lowest BCUT2D eigenvalue weighted by Crippen LogP contribution is -2.38. The molecule has 0 saturated heterocycles. The molecule has 0 fully saturated rings. The average molecular weight is 485 g/mol. The van der Waals surface area contributed by atoms with Crippen LogP contribution in [-0.2, 0) is 22.6 Å². The van der Waals surface area contributed by atoms with E-state index in [1.165, 1.54) is 6.92 Å². The van der Waals surface area contributed by atoms with Gasteiger partial charge in [-0.3, -0.25) is 14.4 Å². The molecule has 0 saturated carbocycles. The molecule has 190 valence electrons. The number of nitrogens with zero attached hydrogens (tertiary/aromatic N) is 5. The zero-order valence-corrected chi connectivity index (χ0v) is 21.3. The van der Waals surface area contributed by atoms with Crippen molar-refractivity contribution in [1.82, 2.24) is 29.9 Å². The minimum Gasteiger partial charge on any atom is -0.484 e. The summed E-state index contributed by atoms with van der Waals surface area (Å²) in [4.78, 5) is 40.3. The molecule has 10 nitrogen and oxygen atoms in total. The van der Waals surface area contributed by atoms with Crippen LogP contribution in [0.4, 0.5) is 0 Å². The third-order valence-electron chi connectivity index (χ3n) is 5.84. The highest BCUT2D eigenvalue weighted by Gasteiger charge is 2.27. The van der Waals surface area contributed by atoms with Crippen molar-refractivity contribution in [1.29, 1.82) is 0 Å². The quantitative estimate of drug-likeness (QED) is 0.511. The Morgan fingerprint density at radius 1 is 1.09 bits per heavy atom. The highest BCUT2D eigenvalue weighted by atomic mass is 16.5. The van der Waals surface area contributed by atoms with E-state index in [1.807, 2.05) is 23.6 Å². The average Bonchev–Trinajstić information content (AvgIpc) is 3.07. The Hall–Kier alpha value is -3.27. The zero-order valence-electron chi connectivity index (χ0n) is 21.3. The highest BCUT2D eigenvalue weighted by molar-refractivity contribution is 5.94. The maximum Gasteiger partial charge on any atom is 0.260 e. The van der Waals surface area contributed by atoms with Gasteiger partial charge >= 0.3 is 0 Å². The fraction of sp³-hybridized carbons (Fsp3) is 0.560. The van der Waals surface area contributed by atoms with E-state index in [2.05, 4.69) is 29.4 Å². The number of rotatable bonds is 10. The second kappa shape index (κ2) is 11.9. The fourth-order valence-electron chi connectivity index (χ4n) is 4.10. The molecule has 1 aliphatic rings. The number of fused-ring (bicyclic) bond motifs is 1. The van der Waals surface area contributed by atoms with Crippen LogP contribution in [0, 0.1) is 5.92 Å². The van der Waals surface area contributed by atoms with Gasteiger partial charge in [0.25, 0.3) is 5.91 Å². The molecule has 1 aliphatic heterocycles. The Labute approximate surface area is 206 Å². The molecule has 1 atom stereocenters. The molecule has 2 aromatic rings. The van der Waals surface area contributed by atoms with Gasteiger partial charge in [0.05, 0.1) is 12.6 Å². The van der Waals surface area contributed by atoms with Gasteiger partial charge in [-0.2, -0.15) is 0 Å². The van der Waals surface area contributed by atoms with Crippen LogP contribution in [0.3, 0.4) is 0 Å². The van der Waals surface area contributed by atoms with E-state index >= 15 is 0 Å². The predicted molar refractivity (Wildman–Crippen MR) is 131 cm³/mol. The molecule has 1 aromatic heterocycles. The summed E-state index contributed by atoms with van der Waals surface area (Å²) in [7, 11) is 3.72. The lowest BCUT2D eigenvalue weighted by Gasteiger charge is -2.23. The van der Waals surface area contributed by atoms with Crippen molar-refractivity contribution >= 4 is 17.6 Å². The molecule has 0 radical (unpaired) electrons. The molecule has 0 spiro atoms. The summed E-state index contributed by atoms with van der Waals surface area (Å²) in [5, 5.41) is 11.9. The van der Waals surface area contributed by atoms with Crippen LogP contribution < -0.4 is 10.1 Å². The molecule has 1 N–H and O–H groups in total. The van der Waals surface area contributed by atoms with E-state index in [0.29, 0.717) is 49.8 Å². The van der Waals surface area contributed by atoms with Gasteiger partial charge in [0, 0.05) is 31.6 Å². The molecule has 0 bridgehead atoms. The first-order valence-electron chi connectivity index (χ1n) is 12.0. The summed E-state index contributed by atoms with van der Waals surface area (Å²) < 4.78 is 7.69. The number of hydrogen-bond acceptors (Lipinski definition) is 7. The summed E-state index contributed by atoms with van der Waals surface area (Å²) in [6.07, 6.45) is 1.32. The first-order valence-corrected chi connectivity index (χ1v) is 12.0. The molecule has 1 aromatic carbocycles. The van der Waals surface area contributed by atoms with Crippen LogP contribution in [0.25, 0.3) is 0 Å². The number of carbonyl (C=O) groups is 3. The van der Waals surface area contributed by atoms with Crippen molar-refractivity contribution in [2.75, 3.05) is 40.3 Å². The summed E-state index contributed by atoms with van der Waals surface area (Å²) in [6, 6.07) is 6.52. The van der Waals surface area contributed by atoms with Gasteiger partial charge in [-0.1, -0.05) is 13.8 Å². The first-order chi connectivity index (χ1) is 16.6. The number of ketones is 1. The molecule has 0 unspecified atom stereocenters. The molecule has 2 heterocycles. The number of benzene rings is 1. The number of Topliss-reactive ketones (excluding diaryl/α,β-unsaturated/α-hetero) is 1. The van der Waals surface area contributed by atoms with Crippen LogP contribution in [0.5, 0.6) is 5.75 Å². The van der Waals surface area contributed by atoms with E-state index in [9.17, 15) is 14.4 Å². The van der Waals surface area contributed by atoms with Crippen LogP contribution in [0.15, 0.2) is 24.3 Å². The van der Waals surface area contributed by atoms with Gasteiger partial charge in [0.15, 0.2) is 18.2 Å². The maximum absolute atomic E-state index is 12.8. The van der Waals surface area contributed by atoms with Gasteiger partial charge in [-0.05, 0) is 57.6 Å². The monoisotopic (exact) mass is 484 g/mol. The number of aromatic nitrogens is 3. The van der Waals surface area contributed by atoms with Gasteiger partial charge < -0.3 is 24.4 Å². The lowest BCUT2D eigenvalue weighted by molar-refractivity contribution is -0.133. The Morgan fingerprint density at radius 2 is 1.80 bits per heavy atom. The molecular weight excluding hydrogens is 448 g/mol. The van der Waals surface area contributed by atoms with E-state index in [1.54, 1.807) is 29.2 Å². The van der Waals surface area contributed by atoms with Gasteiger partial charge in [-0.25, -0.2) is 0 Å². The van der Waals surface area contributed by atoms with Crippen molar-refractivity contribution in [2.45, 2.75) is 46.2 Å². The minimum atomic E-state index is -0.243.